The lowest BCUT2D eigenvalue weighted by atomic mass is 9.91. The Morgan fingerprint density at radius 1 is 1.18 bits per heavy atom. The topological polar surface area (TPSA) is 32.3 Å². The van der Waals surface area contributed by atoms with Crippen LogP contribution in [0.1, 0.15) is 37.3 Å². The van der Waals surface area contributed by atoms with Crippen molar-refractivity contribution in [2.24, 2.45) is 0 Å². The van der Waals surface area contributed by atoms with Crippen molar-refractivity contribution in [2.45, 2.75) is 37.8 Å². The van der Waals surface area contributed by atoms with Crippen LogP contribution >= 0.6 is 0 Å². The Morgan fingerprint density at radius 2 is 2.00 bits per heavy atom. The summed E-state index contributed by atoms with van der Waals surface area (Å²) < 4.78 is 0. The molecule has 0 aromatic heterocycles. The van der Waals surface area contributed by atoms with Gasteiger partial charge in [0.05, 0.1) is 6.04 Å². The molecule has 0 saturated carbocycles. The second-order valence-electron chi connectivity index (χ2n) is 4.99. The molecule has 1 N–H and O–H groups in total. The summed E-state index contributed by atoms with van der Waals surface area (Å²) in [4.78, 5) is 14.0. The number of fused-ring (bicyclic) bond motifs is 1. The monoisotopic (exact) mass is 230 g/mol. The lowest BCUT2D eigenvalue weighted by Gasteiger charge is -2.42. The van der Waals surface area contributed by atoms with Crippen molar-refractivity contribution in [1.82, 2.24) is 10.2 Å². The average molecular weight is 230 g/mol. The molecule has 0 radical (unpaired) electrons. The number of amides is 2. The van der Waals surface area contributed by atoms with Gasteiger partial charge in [0.25, 0.3) is 0 Å². The predicted molar refractivity (Wildman–Crippen MR) is 66.7 cm³/mol. The van der Waals surface area contributed by atoms with Crippen molar-refractivity contribution >= 4 is 6.03 Å². The zero-order chi connectivity index (χ0) is 11.7. The smallest absolute Gasteiger partial charge is 0.318 e. The molecule has 2 amide bonds. The maximum absolute atomic E-state index is 12.0. The summed E-state index contributed by atoms with van der Waals surface area (Å²) in [5.74, 6) is 0. The first kappa shape index (κ1) is 10.6. The Labute approximate surface area is 102 Å². The number of hydrogen-bond donors (Lipinski definition) is 1. The number of piperidine rings is 1. The number of hydrogen-bond acceptors (Lipinski definition) is 1. The number of rotatable bonds is 1. The van der Waals surface area contributed by atoms with E-state index in [0.717, 1.165) is 25.8 Å². The Hall–Kier alpha value is -1.51. The fraction of sp³-hybridized carbons (Fsp3) is 0.500. The molecule has 3 rings (SSSR count). The van der Waals surface area contributed by atoms with Gasteiger partial charge in [-0.1, -0.05) is 30.3 Å². The van der Waals surface area contributed by atoms with Crippen molar-refractivity contribution in [3.63, 3.8) is 0 Å². The molecule has 2 heterocycles. The van der Waals surface area contributed by atoms with Crippen LogP contribution in [0.25, 0.3) is 0 Å². The number of carbonyl (C=O) groups is 1. The van der Waals surface area contributed by atoms with E-state index in [-0.39, 0.29) is 12.1 Å². The molecule has 2 fully saturated rings. The number of carbonyl (C=O) groups excluding carboxylic acids is 1. The van der Waals surface area contributed by atoms with E-state index < -0.39 is 0 Å². The number of urea groups is 1. The van der Waals surface area contributed by atoms with Gasteiger partial charge in [0, 0.05) is 12.6 Å². The highest BCUT2D eigenvalue weighted by molar-refractivity contribution is 5.76. The minimum atomic E-state index is 0.120. The molecule has 1 aromatic rings. The van der Waals surface area contributed by atoms with Gasteiger partial charge in [-0.2, -0.15) is 0 Å². The van der Waals surface area contributed by atoms with Crippen LogP contribution in [0.5, 0.6) is 0 Å². The summed E-state index contributed by atoms with van der Waals surface area (Å²) in [5, 5.41) is 3.12. The van der Waals surface area contributed by atoms with Gasteiger partial charge in [0.15, 0.2) is 0 Å². The van der Waals surface area contributed by atoms with E-state index in [9.17, 15) is 4.79 Å². The summed E-state index contributed by atoms with van der Waals surface area (Å²) in [6.07, 6.45) is 4.63. The van der Waals surface area contributed by atoms with Crippen molar-refractivity contribution in [3.8, 4) is 0 Å². The molecular formula is C14H18N2O. The van der Waals surface area contributed by atoms with Gasteiger partial charge in [-0.15, -0.1) is 0 Å². The van der Waals surface area contributed by atoms with Gasteiger partial charge in [0.1, 0.15) is 0 Å². The highest BCUT2D eigenvalue weighted by atomic mass is 16.2. The number of nitrogens with zero attached hydrogens (tertiary/aromatic N) is 1. The molecule has 0 unspecified atom stereocenters. The first-order valence-electron chi connectivity index (χ1n) is 6.46. The Balaban J connectivity index is 1.79. The zero-order valence-electron chi connectivity index (χ0n) is 9.93. The lowest BCUT2D eigenvalue weighted by molar-refractivity contribution is 0.115. The van der Waals surface area contributed by atoms with Gasteiger partial charge in [-0.05, 0) is 31.2 Å². The molecular weight excluding hydrogens is 212 g/mol. The van der Waals surface area contributed by atoms with Crippen LogP contribution in [-0.2, 0) is 0 Å². The van der Waals surface area contributed by atoms with E-state index in [2.05, 4.69) is 17.4 Å². The van der Waals surface area contributed by atoms with E-state index >= 15 is 0 Å². The number of benzene rings is 1. The third kappa shape index (κ3) is 2.02. The van der Waals surface area contributed by atoms with E-state index in [0.29, 0.717) is 6.04 Å². The molecule has 2 atom stereocenters. The minimum Gasteiger partial charge on any atom is -0.331 e. The fourth-order valence-electron chi connectivity index (χ4n) is 2.98. The Morgan fingerprint density at radius 3 is 2.82 bits per heavy atom. The largest absolute Gasteiger partial charge is 0.331 e. The molecule has 3 nitrogen and oxygen atoms in total. The lowest BCUT2D eigenvalue weighted by Crippen LogP contribution is -2.55. The fourth-order valence-corrected chi connectivity index (χ4v) is 2.98. The molecule has 17 heavy (non-hydrogen) atoms. The van der Waals surface area contributed by atoms with Crippen LogP contribution in [0.3, 0.4) is 0 Å². The van der Waals surface area contributed by atoms with Gasteiger partial charge < -0.3 is 10.2 Å². The minimum absolute atomic E-state index is 0.120. The quantitative estimate of drug-likeness (QED) is 0.790. The van der Waals surface area contributed by atoms with E-state index in [1.807, 2.05) is 23.1 Å². The predicted octanol–water partition coefficient (Wildman–Crippen LogP) is 2.70. The maximum Gasteiger partial charge on any atom is 0.318 e. The molecule has 3 heteroatoms. The van der Waals surface area contributed by atoms with Gasteiger partial charge in [0.2, 0.25) is 0 Å². The van der Waals surface area contributed by atoms with E-state index in [1.165, 1.54) is 12.0 Å². The molecule has 0 spiro atoms. The van der Waals surface area contributed by atoms with E-state index in [1.54, 1.807) is 0 Å². The highest BCUT2D eigenvalue weighted by Gasteiger charge is 2.34. The molecule has 90 valence electrons. The zero-order valence-corrected chi connectivity index (χ0v) is 9.93. The molecule has 1 aromatic carbocycles. The van der Waals surface area contributed by atoms with E-state index in [4.69, 9.17) is 0 Å². The van der Waals surface area contributed by atoms with Gasteiger partial charge >= 0.3 is 6.03 Å². The Kier molecular flexibility index (Phi) is 2.75. The highest BCUT2D eigenvalue weighted by Crippen LogP contribution is 2.30. The first-order valence-corrected chi connectivity index (χ1v) is 6.46. The van der Waals surface area contributed by atoms with Crippen LogP contribution in [-0.4, -0.2) is 23.5 Å². The maximum atomic E-state index is 12.0. The average Bonchev–Trinajstić information content (AvgIpc) is 2.40. The molecule has 2 aliphatic heterocycles. The second-order valence-corrected chi connectivity index (χ2v) is 4.99. The van der Waals surface area contributed by atoms with Gasteiger partial charge in [-0.25, -0.2) is 4.79 Å². The molecule has 2 saturated heterocycles. The third-order valence-electron chi connectivity index (χ3n) is 3.90. The van der Waals surface area contributed by atoms with Crippen LogP contribution in [0.15, 0.2) is 30.3 Å². The third-order valence-corrected chi connectivity index (χ3v) is 3.90. The SMILES string of the molecule is O=C1N[C@@H](c2ccccc2)C[C@H]2CCCCN12. The van der Waals surface area contributed by atoms with Crippen LogP contribution in [0.4, 0.5) is 4.79 Å². The molecule has 2 aliphatic rings. The van der Waals surface area contributed by atoms with Crippen molar-refractivity contribution < 1.29 is 4.79 Å². The molecule has 0 bridgehead atoms. The standard InChI is InChI=1S/C14H18N2O/c17-14-15-13(11-6-2-1-3-7-11)10-12-8-4-5-9-16(12)14/h1-3,6-7,12-13H,4-5,8-10H2,(H,15,17)/t12-,13-/m1/s1. The summed E-state index contributed by atoms with van der Waals surface area (Å²) in [5.41, 5.74) is 1.23. The van der Waals surface area contributed by atoms with Crippen LogP contribution in [0.2, 0.25) is 0 Å². The summed E-state index contributed by atoms with van der Waals surface area (Å²) in [7, 11) is 0. The summed E-state index contributed by atoms with van der Waals surface area (Å²) >= 11 is 0. The normalized spacial score (nSPS) is 28.5. The summed E-state index contributed by atoms with van der Waals surface area (Å²) in [6.45, 7) is 0.929. The second kappa shape index (κ2) is 4.40. The first-order chi connectivity index (χ1) is 8.34. The van der Waals surface area contributed by atoms with Gasteiger partial charge in [-0.3, -0.25) is 0 Å². The van der Waals surface area contributed by atoms with Crippen LogP contribution < -0.4 is 5.32 Å². The summed E-state index contributed by atoms with van der Waals surface area (Å²) in [6, 6.07) is 11.1. The van der Waals surface area contributed by atoms with Crippen LogP contribution in [0, 0.1) is 0 Å². The van der Waals surface area contributed by atoms with Crippen molar-refractivity contribution in [1.29, 1.82) is 0 Å². The number of nitrogens with one attached hydrogen (secondary N) is 1. The molecule has 0 aliphatic carbocycles. The Bertz CT molecular complexity index is 404. The van der Waals surface area contributed by atoms with Crippen molar-refractivity contribution in [2.75, 3.05) is 6.54 Å². The van der Waals surface area contributed by atoms with Crippen molar-refractivity contribution in [3.05, 3.63) is 35.9 Å².